The first-order chi connectivity index (χ1) is 9.60. The number of nitrogens with one attached hydrogen (secondary N) is 2. The van der Waals surface area contributed by atoms with Gasteiger partial charge >= 0.3 is 0 Å². The molecule has 0 heterocycles. The zero-order chi connectivity index (χ0) is 15.0. The maximum absolute atomic E-state index is 12.0. The molecule has 5 heteroatoms. The molecule has 0 saturated heterocycles. The fourth-order valence-electron chi connectivity index (χ4n) is 1.53. The summed E-state index contributed by atoms with van der Waals surface area (Å²) in [6, 6.07) is 9.39. The highest BCUT2D eigenvalue weighted by molar-refractivity contribution is 6.06. The highest BCUT2D eigenvalue weighted by Gasteiger charge is 2.10. The van der Waals surface area contributed by atoms with Gasteiger partial charge in [-0.25, -0.2) is 0 Å². The molecule has 0 spiro atoms. The zero-order valence-electron chi connectivity index (χ0n) is 11.5. The van der Waals surface area contributed by atoms with Crippen LogP contribution in [0.4, 0.5) is 5.69 Å². The van der Waals surface area contributed by atoms with Gasteiger partial charge in [-0.2, -0.15) is 10.5 Å². The SMILES string of the molecule is Cc1cccc(NC(=O)/C(C#N)=C\NCCC#N)c1C. The molecule has 20 heavy (non-hydrogen) atoms. The van der Waals surface area contributed by atoms with Crippen molar-refractivity contribution in [3.8, 4) is 12.1 Å². The average Bonchev–Trinajstić information content (AvgIpc) is 2.44. The fourth-order valence-corrected chi connectivity index (χ4v) is 1.53. The number of benzene rings is 1. The van der Waals surface area contributed by atoms with E-state index in [9.17, 15) is 4.79 Å². The summed E-state index contributed by atoms with van der Waals surface area (Å²) >= 11 is 0. The van der Waals surface area contributed by atoms with Crippen molar-refractivity contribution in [3.05, 3.63) is 41.1 Å². The van der Waals surface area contributed by atoms with E-state index in [4.69, 9.17) is 10.5 Å². The minimum atomic E-state index is -0.467. The minimum absolute atomic E-state index is 0.0242. The van der Waals surface area contributed by atoms with Gasteiger partial charge < -0.3 is 10.6 Å². The highest BCUT2D eigenvalue weighted by atomic mass is 16.1. The molecular weight excluding hydrogens is 252 g/mol. The molecule has 0 aliphatic rings. The molecule has 1 aromatic rings. The van der Waals surface area contributed by atoms with Crippen LogP contribution in [0.3, 0.4) is 0 Å². The van der Waals surface area contributed by atoms with Crippen LogP contribution in [0.25, 0.3) is 0 Å². The van der Waals surface area contributed by atoms with E-state index < -0.39 is 5.91 Å². The number of nitrogens with zero attached hydrogens (tertiary/aromatic N) is 2. The standard InChI is InChI=1S/C15H16N4O/c1-11-5-3-6-14(12(11)2)19-15(20)13(9-17)10-18-8-4-7-16/h3,5-6,10,18H,4,8H2,1-2H3,(H,19,20)/b13-10-. The highest BCUT2D eigenvalue weighted by Crippen LogP contribution is 2.18. The van der Waals surface area contributed by atoms with Crippen molar-refractivity contribution in [3.63, 3.8) is 0 Å². The molecule has 1 aromatic carbocycles. The van der Waals surface area contributed by atoms with Crippen LogP contribution in [0.1, 0.15) is 17.5 Å². The van der Waals surface area contributed by atoms with Gasteiger partial charge in [-0.1, -0.05) is 12.1 Å². The molecule has 0 bridgehead atoms. The monoisotopic (exact) mass is 268 g/mol. The quantitative estimate of drug-likeness (QED) is 0.486. The van der Waals surface area contributed by atoms with Gasteiger partial charge in [0.15, 0.2) is 0 Å². The van der Waals surface area contributed by atoms with E-state index in [-0.39, 0.29) is 5.57 Å². The second-order valence-electron chi connectivity index (χ2n) is 4.23. The summed E-state index contributed by atoms with van der Waals surface area (Å²) in [5.41, 5.74) is 2.70. The summed E-state index contributed by atoms with van der Waals surface area (Å²) in [7, 11) is 0. The lowest BCUT2D eigenvalue weighted by molar-refractivity contribution is -0.112. The molecule has 1 amide bonds. The Morgan fingerprint density at radius 2 is 2.10 bits per heavy atom. The molecule has 0 unspecified atom stereocenters. The third-order valence-corrected chi connectivity index (χ3v) is 2.85. The maximum atomic E-state index is 12.0. The molecule has 0 saturated carbocycles. The van der Waals surface area contributed by atoms with Crippen molar-refractivity contribution in [1.29, 1.82) is 10.5 Å². The first kappa shape index (κ1) is 15.3. The Morgan fingerprint density at radius 3 is 2.75 bits per heavy atom. The van der Waals surface area contributed by atoms with Crippen molar-refractivity contribution in [1.82, 2.24) is 5.32 Å². The second-order valence-corrected chi connectivity index (χ2v) is 4.23. The number of amides is 1. The summed E-state index contributed by atoms with van der Waals surface area (Å²) < 4.78 is 0. The lowest BCUT2D eigenvalue weighted by atomic mass is 10.1. The Balaban J connectivity index is 2.76. The number of aryl methyl sites for hydroxylation is 1. The van der Waals surface area contributed by atoms with Crippen LogP contribution in [0.15, 0.2) is 30.0 Å². The van der Waals surface area contributed by atoms with Gasteiger partial charge in [-0.05, 0) is 31.0 Å². The van der Waals surface area contributed by atoms with Crippen molar-refractivity contribution in [2.24, 2.45) is 0 Å². The van der Waals surface area contributed by atoms with E-state index in [0.717, 1.165) is 11.1 Å². The zero-order valence-corrected chi connectivity index (χ0v) is 11.5. The van der Waals surface area contributed by atoms with Crippen LogP contribution in [0, 0.1) is 36.5 Å². The lowest BCUT2D eigenvalue weighted by Crippen LogP contribution is -2.17. The first-order valence-corrected chi connectivity index (χ1v) is 6.18. The number of hydrogen-bond acceptors (Lipinski definition) is 4. The second kappa shape index (κ2) is 7.60. The molecule has 0 aliphatic heterocycles. The third-order valence-electron chi connectivity index (χ3n) is 2.85. The molecule has 102 valence electrons. The molecule has 5 nitrogen and oxygen atoms in total. The number of anilines is 1. The topological polar surface area (TPSA) is 88.7 Å². The number of hydrogen-bond donors (Lipinski definition) is 2. The lowest BCUT2D eigenvalue weighted by Gasteiger charge is -2.09. The number of carbonyl (C=O) groups is 1. The number of carbonyl (C=O) groups excluding carboxylic acids is 1. The Hall–Kier alpha value is -2.79. The minimum Gasteiger partial charge on any atom is -0.389 e. The van der Waals surface area contributed by atoms with E-state index in [1.807, 2.05) is 38.1 Å². The van der Waals surface area contributed by atoms with Crippen molar-refractivity contribution < 1.29 is 4.79 Å². The van der Waals surface area contributed by atoms with Crippen LogP contribution in [0.5, 0.6) is 0 Å². The first-order valence-electron chi connectivity index (χ1n) is 6.18. The largest absolute Gasteiger partial charge is 0.389 e. The van der Waals surface area contributed by atoms with Gasteiger partial charge in [0.1, 0.15) is 11.6 Å². The molecule has 0 atom stereocenters. The van der Waals surface area contributed by atoms with Crippen LogP contribution >= 0.6 is 0 Å². The third kappa shape index (κ3) is 4.15. The Bertz CT molecular complexity index is 605. The summed E-state index contributed by atoms with van der Waals surface area (Å²) in [5.74, 6) is -0.467. The Morgan fingerprint density at radius 1 is 1.35 bits per heavy atom. The number of nitriles is 2. The predicted octanol–water partition coefficient (Wildman–Crippen LogP) is 2.15. The molecule has 0 radical (unpaired) electrons. The van der Waals surface area contributed by atoms with E-state index in [2.05, 4.69) is 10.6 Å². The van der Waals surface area contributed by atoms with Crippen molar-refractivity contribution in [2.45, 2.75) is 20.3 Å². The van der Waals surface area contributed by atoms with E-state index in [1.165, 1.54) is 6.20 Å². The maximum Gasteiger partial charge on any atom is 0.267 e. The van der Waals surface area contributed by atoms with Crippen LogP contribution in [-0.4, -0.2) is 12.5 Å². The van der Waals surface area contributed by atoms with E-state index in [0.29, 0.717) is 18.7 Å². The molecule has 0 aromatic heterocycles. The molecule has 0 fully saturated rings. The average molecular weight is 268 g/mol. The smallest absolute Gasteiger partial charge is 0.267 e. The van der Waals surface area contributed by atoms with Gasteiger partial charge in [0.25, 0.3) is 5.91 Å². The van der Waals surface area contributed by atoms with Gasteiger partial charge in [0, 0.05) is 18.4 Å². The Kier molecular flexibility index (Phi) is 5.80. The molecule has 2 N–H and O–H groups in total. The van der Waals surface area contributed by atoms with E-state index >= 15 is 0 Å². The van der Waals surface area contributed by atoms with Gasteiger partial charge in [-0.15, -0.1) is 0 Å². The molecule has 0 aliphatic carbocycles. The van der Waals surface area contributed by atoms with Gasteiger partial charge in [0.2, 0.25) is 0 Å². The molecule has 1 rings (SSSR count). The molecular formula is C15H16N4O. The Labute approximate surface area is 118 Å². The van der Waals surface area contributed by atoms with Crippen LogP contribution < -0.4 is 10.6 Å². The van der Waals surface area contributed by atoms with Gasteiger partial charge in [-0.3, -0.25) is 4.79 Å². The number of rotatable bonds is 5. The summed E-state index contributed by atoms with van der Waals surface area (Å²) in [4.78, 5) is 12.0. The summed E-state index contributed by atoms with van der Waals surface area (Å²) in [5, 5.41) is 22.8. The fraction of sp³-hybridized carbons (Fsp3) is 0.267. The van der Waals surface area contributed by atoms with Crippen molar-refractivity contribution >= 4 is 11.6 Å². The van der Waals surface area contributed by atoms with E-state index in [1.54, 1.807) is 6.07 Å². The summed E-state index contributed by atoms with van der Waals surface area (Å²) in [6.07, 6.45) is 1.64. The predicted molar refractivity (Wildman–Crippen MR) is 76.5 cm³/mol. The summed E-state index contributed by atoms with van der Waals surface area (Å²) in [6.45, 7) is 4.26. The van der Waals surface area contributed by atoms with Crippen LogP contribution in [0.2, 0.25) is 0 Å². The normalized spacial score (nSPS) is 10.3. The van der Waals surface area contributed by atoms with Crippen LogP contribution in [-0.2, 0) is 4.79 Å². The van der Waals surface area contributed by atoms with Crippen molar-refractivity contribution in [2.75, 3.05) is 11.9 Å². The van der Waals surface area contributed by atoms with Gasteiger partial charge in [0.05, 0.1) is 12.5 Å².